The Morgan fingerprint density at radius 1 is 1.53 bits per heavy atom. The van der Waals surface area contributed by atoms with E-state index in [1.807, 2.05) is 6.07 Å². The smallest absolute Gasteiger partial charge is 0.120 e. The second-order valence-electron chi connectivity index (χ2n) is 3.51. The molecule has 4 heteroatoms. The van der Waals surface area contributed by atoms with Crippen LogP contribution < -0.4 is 10.1 Å². The first-order valence-electron chi connectivity index (χ1n) is 4.99. The number of aromatic hydroxyl groups is 1. The summed E-state index contributed by atoms with van der Waals surface area (Å²) in [7, 11) is 1.61. The predicted octanol–water partition coefficient (Wildman–Crippen LogP) is 1.06. The number of phenolic OH excluding ortho intramolecular Hbond substituents is 1. The van der Waals surface area contributed by atoms with E-state index in [-0.39, 0.29) is 11.8 Å². The molecule has 15 heavy (non-hydrogen) atoms. The van der Waals surface area contributed by atoms with Gasteiger partial charge in [0.15, 0.2) is 0 Å². The number of hydrogen-bond acceptors (Lipinski definition) is 4. The molecule has 0 aliphatic carbocycles. The topological polar surface area (TPSA) is 50.7 Å². The molecule has 1 atom stereocenters. The van der Waals surface area contributed by atoms with E-state index in [0.29, 0.717) is 6.61 Å². The van der Waals surface area contributed by atoms with Gasteiger partial charge in [0.05, 0.1) is 26.4 Å². The van der Waals surface area contributed by atoms with Gasteiger partial charge < -0.3 is 19.9 Å². The lowest BCUT2D eigenvalue weighted by Gasteiger charge is -2.25. The number of morpholine rings is 1. The maximum absolute atomic E-state index is 9.73. The molecule has 0 unspecified atom stereocenters. The molecule has 1 aromatic carbocycles. The molecule has 82 valence electrons. The summed E-state index contributed by atoms with van der Waals surface area (Å²) >= 11 is 0. The third kappa shape index (κ3) is 2.22. The molecule has 2 N–H and O–H groups in total. The standard InChI is InChI=1S/C11H15NO3/c1-14-8-2-3-11(13)9(6-8)10-7-15-5-4-12-10/h2-3,6,10,12-13H,4-5,7H2,1H3/t10-/m1/s1. The Bertz CT molecular complexity index is 335. The van der Waals surface area contributed by atoms with Gasteiger partial charge in [0.2, 0.25) is 0 Å². The zero-order valence-corrected chi connectivity index (χ0v) is 8.69. The third-order valence-corrected chi connectivity index (χ3v) is 2.53. The fourth-order valence-electron chi connectivity index (χ4n) is 1.70. The lowest BCUT2D eigenvalue weighted by molar-refractivity contribution is 0.0760. The molecule has 1 fully saturated rings. The Labute approximate surface area is 88.8 Å². The van der Waals surface area contributed by atoms with E-state index in [0.717, 1.165) is 24.5 Å². The van der Waals surface area contributed by atoms with Crippen molar-refractivity contribution < 1.29 is 14.6 Å². The molecule has 1 aromatic rings. The molecular weight excluding hydrogens is 194 g/mol. The van der Waals surface area contributed by atoms with Crippen molar-refractivity contribution in [1.82, 2.24) is 5.32 Å². The van der Waals surface area contributed by atoms with Gasteiger partial charge in [-0.25, -0.2) is 0 Å². The first kappa shape index (κ1) is 10.3. The minimum absolute atomic E-state index is 0.0499. The number of rotatable bonds is 2. The fraction of sp³-hybridized carbons (Fsp3) is 0.455. The van der Waals surface area contributed by atoms with Crippen LogP contribution in [-0.2, 0) is 4.74 Å². The van der Waals surface area contributed by atoms with Crippen molar-refractivity contribution >= 4 is 0 Å². The monoisotopic (exact) mass is 209 g/mol. The van der Waals surface area contributed by atoms with Crippen molar-refractivity contribution in [2.24, 2.45) is 0 Å². The molecule has 0 radical (unpaired) electrons. The SMILES string of the molecule is COc1ccc(O)c([C@H]2COCCN2)c1. The molecule has 1 aliphatic rings. The van der Waals surface area contributed by atoms with E-state index in [1.54, 1.807) is 19.2 Å². The summed E-state index contributed by atoms with van der Waals surface area (Å²) in [5.41, 5.74) is 0.828. The summed E-state index contributed by atoms with van der Waals surface area (Å²) in [6, 6.07) is 5.27. The van der Waals surface area contributed by atoms with Gasteiger partial charge in [-0.3, -0.25) is 0 Å². The molecule has 1 saturated heterocycles. The maximum Gasteiger partial charge on any atom is 0.120 e. The highest BCUT2D eigenvalue weighted by Gasteiger charge is 2.18. The second-order valence-corrected chi connectivity index (χ2v) is 3.51. The highest BCUT2D eigenvalue weighted by molar-refractivity contribution is 5.41. The van der Waals surface area contributed by atoms with Crippen LogP contribution in [0.15, 0.2) is 18.2 Å². The van der Waals surface area contributed by atoms with Gasteiger partial charge >= 0.3 is 0 Å². The number of methoxy groups -OCH3 is 1. The Morgan fingerprint density at radius 3 is 3.07 bits per heavy atom. The van der Waals surface area contributed by atoms with E-state index in [1.165, 1.54) is 0 Å². The summed E-state index contributed by atoms with van der Waals surface area (Å²) < 4.78 is 10.5. The molecule has 0 bridgehead atoms. The summed E-state index contributed by atoms with van der Waals surface area (Å²) in [5.74, 6) is 1.02. The molecule has 1 heterocycles. The summed E-state index contributed by atoms with van der Waals surface area (Å²) in [6.07, 6.45) is 0. The van der Waals surface area contributed by atoms with Crippen molar-refractivity contribution in [3.8, 4) is 11.5 Å². The van der Waals surface area contributed by atoms with Crippen LogP contribution in [0.3, 0.4) is 0 Å². The van der Waals surface area contributed by atoms with Crippen LogP contribution in [-0.4, -0.2) is 32.0 Å². The minimum Gasteiger partial charge on any atom is -0.508 e. The van der Waals surface area contributed by atoms with Gasteiger partial charge in [-0.2, -0.15) is 0 Å². The molecule has 0 aromatic heterocycles. The molecule has 2 rings (SSSR count). The van der Waals surface area contributed by atoms with Crippen molar-refractivity contribution in [2.75, 3.05) is 26.9 Å². The van der Waals surface area contributed by atoms with E-state index < -0.39 is 0 Å². The maximum atomic E-state index is 9.73. The quantitative estimate of drug-likeness (QED) is 0.764. The van der Waals surface area contributed by atoms with Crippen LogP contribution in [0.2, 0.25) is 0 Å². The first-order chi connectivity index (χ1) is 7.31. The fourth-order valence-corrected chi connectivity index (χ4v) is 1.70. The van der Waals surface area contributed by atoms with Crippen molar-refractivity contribution in [3.63, 3.8) is 0 Å². The van der Waals surface area contributed by atoms with Gasteiger partial charge in [0, 0.05) is 12.1 Å². The minimum atomic E-state index is 0.0499. The zero-order chi connectivity index (χ0) is 10.7. The lowest BCUT2D eigenvalue weighted by atomic mass is 10.1. The number of benzene rings is 1. The highest BCUT2D eigenvalue weighted by Crippen LogP contribution is 2.29. The molecule has 1 aliphatic heterocycles. The number of hydrogen-bond donors (Lipinski definition) is 2. The number of ether oxygens (including phenoxy) is 2. The van der Waals surface area contributed by atoms with Crippen LogP contribution in [0.5, 0.6) is 11.5 Å². The Morgan fingerprint density at radius 2 is 2.40 bits per heavy atom. The molecule has 0 saturated carbocycles. The molecule has 0 spiro atoms. The van der Waals surface area contributed by atoms with Crippen LogP contribution in [0.1, 0.15) is 11.6 Å². The average molecular weight is 209 g/mol. The lowest BCUT2D eigenvalue weighted by Crippen LogP contribution is -2.34. The van der Waals surface area contributed by atoms with Gasteiger partial charge in [-0.15, -0.1) is 0 Å². The van der Waals surface area contributed by atoms with Crippen LogP contribution in [0.25, 0.3) is 0 Å². The van der Waals surface area contributed by atoms with Crippen LogP contribution in [0.4, 0.5) is 0 Å². The van der Waals surface area contributed by atoms with Crippen LogP contribution in [0, 0.1) is 0 Å². The van der Waals surface area contributed by atoms with Gasteiger partial charge in [0.1, 0.15) is 11.5 Å². The largest absolute Gasteiger partial charge is 0.508 e. The van der Waals surface area contributed by atoms with Crippen molar-refractivity contribution in [1.29, 1.82) is 0 Å². The predicted molar refractivity (Wildman–Crippen MR) is 56.2 cm³/mol. The number of phenols is 1. The van der Waals surface area contributed by atoms with E-state index in [2.05, 4.69) is 5.32 Å². The van der Waals surface area contributed by atoms with Crippen LogP contribution >= 0.6 is 0 Å². The van der Waals surface area contributed by atoms with E-state index in [9.17, 15) is 5.11 Å². The number of nitrogens with one attached hydrogen (secondary N) is 1. The summed E-state index contributed by atoms with van der Waals surface area (Å²) in [6.45, 7) is 2.11. The Balaban J connectivity index is 2.24. The van der Waals surface area contributed by atoms with E-state index in [4.69, 9.17) is 9.47 Å². The molecule has 0 amide bonds. The van der Waals surface area contributed by atoms with Crippen molar-refractivity contribution in [3.05, 3.63) is 23.8 Å². The normalized spacial score (nSPS) is 21.3. The van der Waals surface area contributed by atoms with Gasteiger partial charge in [0.25, 0.3) is 0 Å². The van der Waals surface area contributed by atoms with Crippen molar-refractivity contribution in [2.45, 2.75) is 6.04 Å². The zero-order valence-electron chi connectivity index (χ0n) is 8.69. The summed E-state index contributed by atoms with van der Waals surface area (Å²) in [4.78, 5) is 0. The van der Waals surface area contributed by atoms with Gasteiger partial charge in [-0.1, -0.05) is 0 Å². The Hall–Kier alpha value is -1.26. The first-order valence-corrected chi connectivity index (χ1v) is 4.99. The third-order valence-electron chi connectivity index (χ3n) is 2.53. The molecular formula is C11H15NO3. The van der Waals surface area contributed by atoms with E-state index >= 15 is 0 Å². The highest BCUT2D eigenvalue weighted by atomic mass is 16.5. The Kier molecular flexibility index (Phi) is 3.08. The summed E-state index contributed by atoms with van der Waals surface area (Å²) in [5, 5.41) is 13.0. The average Bonchev–Trinajstić information content (AvgIpc) is 2.31. The molecule has 4 nitrogen and oxygen atoms in total. The second kappa shape index (κ2) is 4.51. The van der Waals surface area contributed by atoms with Gasteiger partial charge in [-0.05, 0) is 18.2 Å².